The topological polar surface area (TPSA) is 61.7 Å². The molecule has 0 atom stereocenters. The van der Waals surface area contributed by atoms with Crippen LogP contribution >= 0.6 is 0 Å². The zero-order valence-electron chi connectivity index (χ0n) is 10.8. The van der Waals surface area contributed by atoms with E-state index in [1.165, 1.54) is 0 Å². The van der Waals surface area contributed by atoms with Crippen LogP contribution in [-0.4, -0.2) is 16.8 Å². The van der Waals surface area contributed by atoms with Gasteiger partial charge >= 0.3 is 0 Å². The summed E-state index contributed by atoms with van der Waals surface area (Å²) in [6, 6.07) is 12.2. The molecule has 0 aliphatic heterocycles. The van der Waals surface area contributed by atoms with Crippen LogP contribution in [0.1, 0.15) is 12.5 Å². The van der Waals surface area contributed by atoms with Gasteiger partial charge in [-0.1, -0.05) is 12.1 Å². The van der Waals surface area contributed by atoms with E-state index in [1.807, 2.05) is 19.1 Å². The molecule has 0 bridgehead atoms. The van der Waals surface area contributed by atoms with E-state index in [9.17, 15) is 10.2 Å². The van der Waals surface area contributed by atoms with Crippen molar-refractivity contribution in [2.45, 2.75) is 13.5 Å². The van der Waals surface area contributed by atoms with Gasteiger partial charge in [0.05, 0.1) is 6.61 Å². The number of phenolic OH excluding ortho intramolecular Hbond substituents is 2. The van der Waals surface area contributed by atoms with Gasteiger partial charge in [0.1, 0.15) is 5.75 Å². The molecule has 0 spiro atoms. The number of rotatable bonds is 5. The van der Waals surface area contributed by atoms with Gasteiger partial charge in [0.2, 0.25) is 0 Å². The average molecular weight is 259 g/mol. The SMILES string of the molecule is CCOc1cccc(CNc2ccc(O)cc2)c1O. The summed E-state index contributed by atoms with van der Waals surface area (Å²) in [4.78, 5) is 0. The van der Waals surface area contributed by atoms with E-state index in [0.717, 1.165) is 11.3 Å². The lowest BCUT2D eigenvalue weighted by atomic mass is 10.2. The lowest BCUT2D eigenvalue weighted by Gasteiger charge is -2.11. The Morgan fingerprint density at radius 1 is 1.05 bits per heavy atom. The first kappa shape index (κ1) is 13.1. The van der Waals surface area contributed by atoms with Gasteiger partial charge in [0.25, 0.3) is 0 Å². The highest BCUT2D eigenvalue weighted by Gasteiger charge is 2.07. The van der Waals surface area contributed by atoms with E-state index in [0.29, 0.717) is 18.9 Å². The number of aromatic hydroxyl groups is 2. The quantitative estimate of drug-likeness (QED) is 0.722. The van der Waals surface area contributed by atoms with Crippen molar-refractivity contribution in [1.29, 1.82) is 0 Å². The number of nitrogens with one attached hydrogen (secondary N) is 1. The van der Waals surface area contributed by atoms with Gasteiger partial charge in [-0.25, -0.2) is 0 Å². The second-order valence-electron chi connectivity index (χ2n) is 4.10. The molecule has 0 aromatic heterocycles. The molecule has 100 valence electrons. The third kappa shape index (κ3) is 3.31. The summed E-state index contributed by atoms with van der Waals surface area (Å²) in [5.74, 6) is 0.884. The predicted octanol–water partition coefficient (Wildman–Crippen LogP) is 3.11. The molecule has 0 saturated heterocycles. The van der Waals surface area contributed by atoms with Crippen molar-refractivity contribution in [1.82, 2.24) is 0 Å². The summed E-state index contributed by atoms with van der Waals surface area (Å²) in [7, 11) is 0. The molecule has 2 rings (SSSR count). The number of ether oxygens (including phenoxy) is 1. The normalized spacial score (nSPS) is 10.2. The Balaban J connectivity index is 2.07. The number of hydrogen-bond donors (Lipinski definition) is 3. The third-order valence-electron chi connectivity index (χ3n) is 2.73. The van der Waals surface area contributed by atoms with E-state index in [4.69, 9.17) is 4.74 Å². The number of para-hydroxylation sites is 1. The molecule has 0 amide bonds. The molecule has 3 N–H and O–H groups in total. The maximum Gasteiger partial charge on any atom is 0.162 e. The van der Waals surface area contributed by atoms with Gasteiger partial charge in [-0.15, -0.1) is 0 Å². The maximum absolute atomic E-state index is 10.0. The highest BCUT2D eigenvalue weighted by molar-refractivity contribution is 5.50. The molecule has 0 aliphatic rings. The zero-order valence-corrected chi connectivity index (χ0v) is 10.8. The van der Waals surface area contributed by atoms with Crippen LogP contribution in [-0.2, 0) is 6.54 Å². The van der Waals surface area contributed by atoms with Gasteiger partial charge in [-0.3, -0.25) is 0 Å². The molecular weight excluding hydrogens is 242 g/mol. The fourth-order valence-electron chi connectivity index (χ4n) is 1.76. The molecule has 0 radical (unpaired) electrons. The molecule has 0 unspecified atom stereocenters. The Labute approximate surface area is 112 Å². The van der Waals surface area contributed by atoms with Crippen molar-refractivity contribution in [3.63, 3.8) is 0 Å². The summed E-state index contributed by atoms with van der Waals surface area (Å²) in [6.07, 6.45) is 0. The minimum Gasteiger partial charge on any atom is -0.508 e. The highest BCUT2D eigenvalue weighted by Crippen LogP contribution is 2.30. The summed E-state index contributed by atoms with van der Waals surface area (Å²) < 4.78 is 5.33. The Bertz CT molecular complexity index is 538. The highest BCUT2D eigenvalue weighted by atomic mass is 16.5. The zero-order chi connectivity index (χ0) is 13.7. The molecule has 0 heterocycles. The van der Waals surface area contributed by atoms with E-state index in [1.54, 1.807) is 30.3 Å². The maximum atomic E-state index is 10.0. The average Bonchev–Trinajstić information content (AvgIpc) is 2.42. The van der Waals surface area contributed by atoms with Gasteiger partial charge in [0, 0.05) is 17.8 Å². The van der Waals surface area contributed by atoms with Gasteiger partial charge < -0.3 is 20.3 Å². The molecule has 2 aromatic rings. The van der Waals surface area contributed by atoms with E-state index in [-0.39, 0.29) is 11.5 Å². The number of benzene rings is 2. The van der Waals surface area contributed by atoms with Crippen LogP contribution in [0.3, 0.4) is 0 Å². The third-order valence-corrected chi connectivity index (χ3v) is 2.73. The largest absolute Gasteiger partial charge is 0.508 e. The standard InChI is InChI=1S/C15H17NO3/c1-2-19-14-5-3-4-11(15(14)18)10-16-12-6-8-13(17)9-7-12/h3-9,16-18H,2,10H2,1H3. The summed E-state index contributed by atoms with van der Waals surface area (Å²) in [5.41, 5.74) is 1.64. The van der Waals surface area contributed by atoms with Crippen molar-refractivity contribution >= 4 is 5.69 Å². The Hall–Kier alpha value is -2.36. The summed E-state index contributed by atoms with van der Waals surface area (Å²) in [6.45, 7) is 2.88. The minimum atomic E-state index is 0.163. The number of hydrogen-bond acceptors (Lipinski definition) is 4. The van der Waals surface area contributed by atoms with Gasteiger partial charge in [-0.2, -0.15) is 0 Å². The van der Waals surface area contributed by atoms with Crippen LogP contribution in [0.25, 0.3) is 0 Å². The predicted molar refractivity (Wildman–Crippen MR) is 74.7 cm³/mol. The molecule has 0 fully saturated rings. The second kappa shape index (κ2) is 6.00. The second-order valence-corrected chi connectivity index (χ2v) is 4.10. The first-order valence-corrected chi connectivity index (χ1v) is 6.17. The summed E-state index contributed by atoms with van der Waals surface area (Å²) >= 11 is 0. The van der Waals surface area contributed by atoms with Crippen LogP contribution in [0, 0.1) is 0 Å². The molecule has 19 heavy (non-hydrogen) atoms. The molecule has 4 nitrogen and oxygen atoms in total. The smallest absolute Gasteiger partial charge is 0.162 e. The van der Waals surface area contributed by atoms with Gasteiger partial charge in [-0.05, 0) is 37.3 Å². The fourth-order valence-corrected chi connectivity index (χ4v) is 1.76. The van der Waals surface area contributed by atoms with E-state index in [2.05, 4.69) is 5.32 Å². The Kier molecular flexibility index (Phi) is 4.13. The molecule has 2 aromatic carbocycles. The summed E-state index contributed by atoms with van der Waals surface area (Å²) in [5, 5.41) is 22.4. The number of phenols is 2. The van der Waals surface area contributed by atoms with Crippen LogP contribution < -0.4 is 10.1 Å². The van der Waals surface area contributed by atoms with E-state index >= 15 is 0 Å². The van der Waals surface area contributed by atoms with Crippen LogP contribution in [0.4, 0.5) is 5.69 Å². The Morgan fingerprint density at radius 2 is 1.79 bits per heavy atom. The minimum absolute atomic E-state index is 0.163. The molecule has 4 heteroatoms. The van der Waals surface area contributed by atoms with Gasteiger partial charge in [0.15, 0.2) is 11.5 Å². The fraction of sp³-hybridized carbons (Fsp3) is 0.200. The number of anilines is 1. The van der Waals surface area contributed by atoms with E-state index < -0.39 is 0 Å². The van der Waals surface area contributed by atoms with Crippen molar-refractivity contribution in [3.8, 4) is 17.2 Å². The molecule has 0 saturated carbocycles. The van der Waals surface area contributed by atoms with Crippen LogP contribution in [0.15, 0.2) is 42.5 Å². The van der Waals surface area contributed by atoms with Crippen molar-refractivity contribution in [2.24, 2.45) is 0 Å². The van der Waals surface area contributed by atoms with Crippen LogP contribution in [0.2, 0.25) is 0 Å². The first-order chi connectivity index (χ1) is 9.20. The Morgan fingerprint density at radius 3 is 2.47 bits per heavy atom. The lowest BCUT2D eigenvalue weighted by Crippen LogP contribution is -2.01. The van der Waals surface area contributed by atoms with Crippen LogP contribution in [0.5, 0.6) is 17.2 Å². The van der Waals surface area contributed by atoms with Crippen molar-refractivity contribution < 1.29 is 14.9 Å². The van der Waals surface area contributed by atoms with Crippen molar-refractivity contribution in [3.05, 3.63) is 48.0 Å². The lowest BCUT2D eigenvalue weighted by molar-refractivity contribution is 0.317. The van der Waals surface area contributed by atoms with Crippen molar-refractivity contribution in [2.75, 3.05) is 11.9 Å². The first-order valence-electron chi connectivity index (χ1n) is 6.17. The monoisotopic (exact) mass is 259 g/mol. The molecule has 0 aliphatic carbocycles. The molecular formula is C15H17NO3.